The van der Waals surface area contributed by atoms with Gasteiger partial charge in [-0.25, -0.2) is 4.79 Å². The molecular formula is C22H30N3O3S+. The highest BCUT2D eigenvalue weighted by Crippen LogP contribution is 2.40. The van der Waals surface area contributed by atoms with Gasteiger partial charge < -0.3 is 15.0 Å². The van der Waals surface area contributed by atoms with E-state index < -0.39 is 0 Å². The quantitative estimate of drug-likeness (QED) is 0.579. The van der Waals surface area contributed by atoms with Gasteiger partial charge in [0.2, 0.25) is 6.54 Å². The third-order valence-electron chi connectivity index (χ3n) is 5.03. The second-order valence-corrected chi connectivity index (χ2v) is 9.29. The zero-order valence-electron chi connectivity index (χ0n) is 17.8. The van der Waals surface area contributed by atoms with Crippen molar-refractivity contribution in [3.8, 4) is 0 Å². The monoisotopic (exact) mass is 416 g/mol. The first-order valence-corrected chi connectivity index (χ1v) is 10.9. The van der Waals surface area contributed by atoms with Crippen molar-refractivity contribution in [2.45, 2.75) is 52.7 Å². The van der Waals surface area contributed by atoms with Crippen LogP contribution >= 0.6 is 11.3 Å². The molecule has 0 saturated carbocycles. The molecule has 3 rings (SSSR count). The van der Waals surface area contributed by atoms with Crippen LogP contribution in [0.15, 0.2) is 24.5 Å². The lowest BCUT2D eigenvalue weighted by Gasteiger charge is -2.18. The molecule has 0 aromatic carbocycles. The van der Waals surface area contributed by atoms with Crippen molar-refractivity contribution in [2.24, 2.45) is 5.92 Å². The first-order chi connectivity index (χ1) is 13.7. The topological polar surface area (TPSA) is 62.5 Å². The highest BCUT2D eigenvalue weighted by Gasteiger charge is 2.30. The van der Waals surface area contributed by atoms with E-state index in [1.165, 1.54) is 16.2 Å². The molecule has 6 nitrogen and oxygen atoms in total. The van der Waals surface area contributed by atoms with E-state index in [4.69, 9.17) is 4.74 Å². The first-order valence-electron chi connectivity index (χ1n) is 10.1. The summed E-state index contributed by atoms with van der Waals surface area (Å²) in [6.07, 6.45) is 6.40. The molecule has 2 heterocycles. The molecule has 7 heteroatoms. The molecule has 156 valence electrons. The number of nitrogens with zero attached hydrogens (tertiary/aromatic N) is 2. The van der Waals surface area contributed by atoms with Crippen LogP contribution in [0.1, 0.15) is 48.0 Å². The molecule has 0 spiro atoms. The predicted octanol–water partition coefficient (Wildman–Crippen LogP) is 3.43. The van der Waals surface area contributed by atoms with Crippen LogP contribution in [0.4, 0.5) is 10.7 Å². The fourth-order valence-electron chi connectivity index (χ4n) is 3.51. The van der Waals surface area contributed by atoms with Crippen LogP contribution < -0.4 is 14.8 Å². The Labute approximate surface area is 176 Å². The van der Waals surface area contributed by atoms with E-state index in [1.807, 2.05) is 61.9 Å². The van der Waals surface area contributed by atoms with Gasteiger partial charge in [0.05, 0.1) is 11.7 Å². The van der Waals surface area contributed by atoms with E-state index in [0.29, 0.717) is 16.5 Å². The number of nitrogens with one attached hydrogen (secondary N) is 1. The molecule has 1 aliphatic carbocycles. The minimum atomic E-state index is -0.342. The number of fused-ring (bicyclic) bond motifs is 1. The van der Waals surface area contributed by atoms with Crippen molar-refractivity contribution in [2.75, 3.05) is 24.3 Å². The van der Waals surface area contributed by atoms with E-state index in [0.717, 1.165) is 30.5 Å². The number of anilines is 2. The Morgan fingerprint density at radius 1 is 1.31 bits per heavy atom. The number of ether oxygens (including phenoxy) is 1. The summed E-state index contributed by atoms with van der Waals surface area (Å²) >= 11 is 1.52. The molecule has 0 radical (unpaired) electrons. The lowest BCUT2D eigenvalue weighted by atomic mass is 9.88. The summed E-state index contributed by atoms with van der Waals surface area (Å²) in [7, 11) is 3.95. The van der Waals surface area contributed by atoms with Crippen molar-refractivity contribution in [3.05, 3.63) is 40.5 Å². The number of rotatable bonds is 6. The van der Waals surface area contributed by atoms with Crippen molar-refractivity contribution in [1.29, 1.82) is 0 Å². The normalized spacial score (nSPS) is 15.7. The molecule has 0 bridgehead atoms. The van der Waals surface area contributed by atoms with E-state index in [2.05, 4.69) is 12.2 Å². The van der Waals surface area contributed by atoms with Crippen molar-refractivity contribution in [1.82, 2.24) is 0 Å². The summed E-state index contributed by atoms with van der Waals surface area (Å²) in [5.74, 6) is 0.0904. The van der Waals surface area contributed by atoms with E-state index in [1.54, 1.807) is 0 Å². The van der Waals surface area contributed by atoms with Crippen LogP contribution in [0.2, 0.25) is 0 Å². The van der Waals surface area contributed by atoms with Gasteiger partial charge in [-0.15, -0.1) is 11.3 Å². The summed E-state index contributed by atoms with van der Waals surface area (Å²) in [6, 6.07) is 3.92. The Hall–Kier alpha value is -2.41. The van der Waals surface area contributed by atoms with Crippen molar-refractivity contribution >= 4 is 33.9 Å². The molecule has 1 amide bonds. The van der Waals surface area contributed by atoms with Gasteiger partial charge in [0.25, 0.3) is 5.91 Å². The van der Waals surface area contributed by atoms with Crippen molar-refractivity contribution in [3.63, 3.8) is 0 Å². The van der Waals surface area contributed by atoms with Crippen LogP contribution in [0.25, 0.3) is 0 Å². The number of pyridine rings is 1. The summed E-state index contributed by atoms with van der Waals surface area (Å²) in [5, 5.41) is 3.59. The van der Waals surface area contributed by atoms with Gasteiger partial charge in [-0.1, -0.05) is 6.92 Å². The number of thiophene rings is 1. The molecule has 0 unspecified atom stereocenters. The SMILES string of the molecule is CC(C)OC(=O)c1c(NC(=O)C[n+]2ccc(N(C)C)cc2)sc2c1CC[C@@H](C)C2. The number of aromatic nitrogens is 1. The predicted molar refractivity (Wildman–Crippen MR) is 116 cm³/mol. The summed E-state index contributed by atoms with van der Waals surface area (Å²) in [4.78, 5) is 28.6. The number of hydrogen-bond acceptors (Lipinski definition) is 5. The third-order valence-corrected chi connectivity index (χ3v) is 6.20. The fourth-order valence-corrected chi connectivity index (χ4v) is 4.93. The van der Waals surface area contributed by atoms with Gasteiger partial charge in [-0.05, 0) is 44.6 Å². The number of amides is 1. The van der Waals surface area contributed by atoms with Crippen molar-refractivity contribution < 1.29 is 18.9 Å². The van der Waals surface area contributed by atoms with Gasteiger partial charge >= 0.3 is 5.97 Å². The standard InChI is InChI=1S/C22H29N3O3S/c1-14(2)28-22(27)20-17-7-6-15(3)12-18(17)29-21(20)23-19(26)13-25-10-8-16(9-11-25)24(4)5/h8-11,14-15H,6-7,12-13H2,1-5H3/p+1/t15-/m1/s1. The summed E-state index contributed by atoms with van der Waals surface area (Å²) in [5.41, 5.74) is 2.67. The Bertz CT molecular complexity index is 887. The van der Waals surface area contributed by atoms with Crippen LogP contribution in [0.3, 0.4) is 0 Å². The Balaban J connectivity index is 1.80. The number of carbonyl (C=O) groups excluding carboxylic acids is 2. The highest BCUT2D eigenvalue weighted by atomic mass is 32.1. The zero-order valence-corrected chi connectivity index (χ0v) is 18.6. The summed E-state index contributed by atoms with van der Waals surface area (Å²) in [6.45, 7) is 6.09. The maximum Gasteiger partial charge on any atom is 0.341 e. The molecule has 2 aromatic heterocycles. The number of esters is 1. The highest BCUT2D eigenvalue weighted by molar-refractivity contribution is 7.17. The molecule has 1 aliphatic rings. The van der Waals surface area contributed by atoms with Crippen LogP contribution in [-0.2, 0) is 28.9 Å². The third kappa shape index (κ3) is 5.15. The van der Waals surface area contributed by atoms with E-state index in [-0.39, 0.29) is 24.5 Å². The van der Waals surface area contributed by atoms with Gasteiger partial charge in [-0.2, -0.15) is 4.57 Å². The molecule has 1 atom stereocenters. The molecule has 2 aromatic rings. The Morgan fingerprint density at radius 3 is 2.62 bits per heavy atom. The molecule has 0 fully saturated rings. The fraction of sp³-hybridized carbons (Fsp3) is 0.500. The van der Waals surface area contributed by atoms with Crippen LogP contribution in [0, 0.1) is 5.92 Å². The van der Waals surface area contributed by atoms with Crippen LogP contribution in [0.5, 0.6) is 0 Å². The molecule has 29 heavy (non-hydrogen) atoms. The maximum absolute atomic E-state index is 12.8. The molecular weight excluding hydrogens is 386 g/mol. The molecule has 0 saturated heterocycles. The first kappa shape index (κ1) is 21.3. The second kappa shape index (κ2) is 8.95. The maximum atomic E-state index is 12.8. The minimum Gasteiger partial charge on any atom is -0.459 e. The number of hydrogen-bond donors (Lipinski definition) is 1. The smallest absolute Gasteiger partial charge is 0.341 e. The molecule has 0 aliphatic heterocycles. The lowest BCUT2D eigenvalue weighted by molar-refractivity contribution is -0.684. The second-order valence-electron chi connectivity index (χ2n) is 8.18. The lowest BCUT2D eigenvalue weighted by Crippen LogP contribution is -2.39. The number of carbonyl (C=O) groups is 2. The van der Waals surface area contributed by atoms with Gasteiger partial charge in [0.15, 0.2) is 12.4 Å². The van der Waals surface area contributed by atoms with Gasteiger partial charge in [-0.3, -0.25) is 4.79 Å². The average Bonchev–Trinajstić information content (AvgIpc) is 2.98. The van der Waals surface area contributed by atoms with Crippen LogP contribution in [-0.4, -0.2) is 32.1 Å². The minimum absolute atomic E-state index is 0.155. The largest absolute Gasteiger partial charge is 0.459 e. The Morgan fingerprint density at radius 2 is 2.00 bits per heavy atom. The summed E-state index contributed by atoms with van der Waals surface area (Å²) < 4.78 is 7.29. The zero-order chi connectivity index (χ0) is 21.1. The Kier molecular flexibility index (Phi) is 6.57. The van der Waals surface area contributed by atoms with E-state index in [9.17, 15) is 9.59 Å². The van der Waals surface area contributed by atoms with E-state index >= 15 is 0 Å². The molecule has 1 N–H and O–H groups in total. The van der Waals surface area contributed by atoms with Gasteiger partial charge in [0, 0.05) is 36.8 Å². The average molecular weight is 417 g/mol. The van der Waals surface area contributed by atoms with Gasteiger partial charge in [0.1, 0.15) is 5.00 Å².